The molecule has 0 radical (unpaired) electrons. The Morgan fingerprint density at radius 1 is 1.15 bits per heavy atom. The maximum Gasteiger partial charge on any atom is 0.265 e. The molecule has 7 nitrogen and oxygen atoms in total. The molecule has 2 aromatic carbocycles. The van der Waals surface area contributed by atoms with Crippen molar-refractivity contribution in [2.45, 2.75) is 52.0 Å². The maximum absolute atomic E-state index is 12.8. The van der Waals surface area contributed by atoms with Crippen LogP contribution in [0.3, 0.4) is 0 Å². The second kappa shape index (κ2) is 13.6. The predicted octanol–water partition coefficient (Wildman–Crippen LogP) is 4.45. The molecule has 1 aliphatic rings. The van der Waals surface area contributed by atoms with Gasteiger partial charge in [-0.1, -0.05) is 38.3 Å². The summed E-state index contributed by atoms with van der Waals surface area (Å²) >= 11 is 0. The number of benzene rings is 2. The zero-order valence-corrected chi connectivity index (χ0v) is 20.0. The predicted molar refractivity (Wildman–Crippen MR) is 130 cm³/mol. The van der Waals surface area contributed by atoms with Crippen LogP contribution in [0.1, 0.15) is 66.9 Å². The molecule has 3 rings (SSSR count). The normalized spacial score (nSPS) is 13.9. The molecule has 0 unspecified atom stereocenters. The van der Waals surface area contributed by atoms with Gasteiger partial charge in [-0.3, -0.25) is 10.2 Å². The van der Waals surface area contributed by atoms with E-state index in [0.29, 0.717) is 35.9 Å². The zero-order chi connectivity index (χ0) is 24.2. The fourth-order valence-electron chi connectivity index (χ4n) is 4.08. The van der Waals surface area contributed by atoms with Crippen LogP contribution in [0.2, 0.25) is 0 Å². The number of nitriles is 1. The van der Waals surface area contributed by atoms with Crippen LogP contribution >= 0.6 is 0 Å². The SMILES string of the molecule is CCCOc1ccc(C(=O)NN(CCO)Cc2ccc(OCC3CCCCC3)cc2)cc1C#N. The summed E-state index contributed by atoms with van der Waals surface area (Å²) in [6.07, 6.45) is 7.26. The van der Waals surface area contributed by atoms with Crippen molar-refractivity contribution in [3.05, 3.63) is 59.2 Å². The van der Waals surface area contributed by atoms with Gasteiger partial charge in [-0.2, -0.15) is 5.26 Å². The van der Waals surface area contributed by atoms with E-state index in [1.54, 1.807) is 17.1 Å². The topological polar surface area (TPSA) is 94.8 Å². The average Bonchev–Trinajstić information content (AvgIpc) is 2.87. The van der Waals surface area contributed by atoms with Crippen LogP contribution in [-0.4, -0.2) is 42.4 Å². The Balaban J connectivity index is 1.57. The minimum atomic E-state index is -0.348. The molecule has 0 atom stereocenters. The molecule has 1 fully saturated rings. The van der Waals surface area contributed by atoms with Gasteiger partial charge in [0, 0.05) is 18.7 Å². The van der Waals surface area contributed by atoms with Gasteiger partial charge >= 0.3 is 0 Å². The summed E-state index contributed by atoms with van der Waals surface area (Å²) in [5.74, 6) is 1.62. The molecule has 0 aromatic heterocycles. The van der Waals surface area contributed by atoms with Crippen LogP contribution in [0.4, 0.5) is 0 Å². The smallest absolute Gasteiger partial charge is 0.265 e. The highest BCUT2D eigenvalue weighted by atomic mass is 16.5. The van der Waals surface area contributed by atoms with Crippen LogP contribution < -0.4 is 14.9 Å². The monoisotopic (exact) mass is 465 g/mol. The number of amides is 1. The van der Waals surface area contributed by atoms with E-state index in [-0.39, 0.29) is 19.1 Å². The van der Waals surface area contributed by atoms with Crippen molar-refractivity contribution in [3.8, 4) is 17.6 Å². The van der Waals surface area contributed by atoms with E-state index in [4.69, 9.17) is 9.47 Å². The minimum Gasteiger partial charge on any atom is -0.493 e. The van der Waals surface area contributed by atoms with Crippen molar-refractivity contribution < 1.29 is 19.4 Å². The van der Waals surface area contributed by atoms with Gasteiger partial charge in [-0.05, 0) is 61.1 Å². The minimum absolute atomic E-state index is 0.101. The number of aliphatic hydroxyl groups excluding tert-OH is 1. The van der Waals surface area contributed by atoms with Crippen molar-refractivity contribution in [2.75, 3.05) is 26.4 Å². The van der Waals surface area contributed by atoms with Gasteiger partial charge < -0.3 is 14.6 Å². The molecule has 0 heterocycles. The second-order valence-electron chi connectivity index (χ2n) is 8.72. The summed E-state index contributed by atoms with van der Waals surface area (Å²) in [6.45, 7) is 3.86. The standard InChI is InChI=1S/C27H35N3O4/c1-2-16-33-26-13-10-23(17-24(26)18-28)27(32)29-30(14-15-31)19-21-8-11-25(12-9-21)34-20-22-6-4-3-5-7-22/h8-13,17,22,31H,2-7,14-16,19-20H2,1H3,(H,29,32). The molecule has 34 heavy (non-hydrogen) atoms. The van der Waals surface area contributed by atoms with E-state index >= 15 is 0 Å². The molecule has 0 saturated heterocycles. The van der Waals surface area contributed by atoms with Gasteiger partial charge in [0.15, 0.2) is 0 Å². The third kappa shape index (κ3) is 7.75. The summed E-state index contributed by atoms with van der Waals surface area (Å²) in [7, 11) is 0. The van der Waals surface area contributed by atoms with E-state index in [1.165, 1.54) is 38.2 Å². The Hall–Kier alpha value is -3.08. The lowest BCUT2D eigenvalue weighted by atomic mass is 9.90. The lowest BCUT2D eigenvalue weighted by Crippen LogP contribution is -2.43. The first kappa shape index (κ1) is 25.5. The summed E-state index contributed by atoms with van der Waals surface area (Å²) in [4.78, 5) is 12.8. The number of hydrogen-bond donors (Lipinski definition) is 2. The molecule has 1 aliphatic carbocycles. The summed E-state index contributed by atoms with van der Waals surface area (Å²) < 4.78 is 11.5. The van der Waals surface area contributed by atoms with Gasteiger partial charge in [0.25, 0.3) is 5.91 Å². The molecule has 1 saturated carbocycles. The molecule has 182 valence electrons. The highest BCUT2D eigenvalue weighted by molar-refractivity contribution is 5.94. The van der Waals surface area contributed by atoms with E-state index in [0.717, 1.165) is 24.3 Å². The largest absolute Gasteiger partial charge is 0.493 e. The quantitative estimate of drug-likeness (QED) is 0.450. The number of hydrazine groups is 1. The Labute approximate surface area is 202 Å². The average molecular weight is 466 g/mol. The summed E-state index contributed by atoms with van der Waals surface area (Å²) in [5.41, 5.74) is 4.49. The third-order valence-electron chi connectivity index (χ3n) is 5.96. The van der Waals surface area contributed by atoms with Gasteiger partial charge in [-0.15, -0.1) is 0 Å². The highest BCUT2D eigenvalue weighted by Crippen LogP contribution is 2.25. The molecule has 1 amide bonds. The third-order valence-corrected chi connectivity index (χ3v) is 5.96. The van der Waals surface area contributed by atoms with Gasteiger partial charge in [0.2, 0.25) is 0 Å². The highest BCUT2D eigenvalue weighted by Gasteiger charge is 2.16. The maximum atomic E-state index is 12.8. The van der Waals surface area contributed by atoms with Gasteiger partial charge in [-0.25, -0.2) is 5.01 Å². The number of nitrogens with zero attached hydrogens (tertiary/aromatic N) is 2. The van der Waals surface area contributed by atoms with E-state index in [1.807, 2.05) is 31.2 Å². The Morgan fingerprint density at radius 3 is 2.59 bits per heavy atom. The number of nitrogens with one attached hydrogen (secondary N) is 1. The number of carbonyl (C=O) groups excluding carboxylic acids is 1. The molecule has 2 N–H and O–H groups in total. The van der Waals surface area contributed by atoms with Crippen molar-refractivity contribution in [3.63, 3.8) is 0 Å². The van der Waals surface area contributed by atoms with Crippen molar-refractivity contribution >= 4 is 5.91 Å². The first-order valence-corrected chi connectivity index (χ1v) is 12.2. The molecule has 0 spiro atoms. The fraction of sp³-hybridized carbons (Fsp3) is 0.481. The summed E-state index contributed by atoms with van der Waals surface area (Å²) in [5, 5.41) is 20.5. The van der Waals surface area contributed by atoms with Crippen LogP contribution in [0, 0.1) is 17.2 Å². The van der Waals surface area contributed by atoms with Crippen LogP contribution in [0.5, 0.6) is 11.5 Å². The van der Waals surface area contributed by atoms with Crippen LogP contribution in [0.25, 0.3) is 0 Å². The molecule has 0 aliphatic heterocycles. The number of hydrogen-bond acceptors (Lipinski definition) is 6. The van der Waals surface area contributed by atoms with Crippen LogP contribution in [-0.2, 0) is 6.54 Å². The Bertz CT molecular complexity index is 949. The number of carbonyl (C=O) groups is 1. The van der Waals surface area contributed by atoms with Crippen molar-refractivity contribution in [1.29, 1.82) is 5.26 Å². The molecular formula is C27H35N3O4. The zero-order valence-electron chi connectivity index (χ0n) is 20.0. The first-order chi connectivity index (χ1) is 16.6. The number of aliphatic hydroxyl groups is 1. The first-order valence-electron chi connectivity index (χ1n) is 12.2. The second-order valence-corrected chi connectivity index (χ2v) is 8.72. The summed E-state index contributed by atoms with van der Waals surface area (Å²) in [6, 6.07) is 14.7. The fourth-order valence-corrected chi connectivity index (χ4v) is 4.08. The lowest BCUT2D eigenvalue weighted by molar-refractivity contribution is 0.0732. The molecular weight excluding hydrogens is 430 g/mol. The van der Waals surface area contributed by atoms with Crippen molar-refractivity contribution in [1.82, 2.24) is 10.4 Å². The molecule has 0 bridgehead atoms. The molecule has 2 aromatic rings. The Kier molecular flexibility index (Phi) is 10.2. The van der Waals surface area contributed by atoms with Crippen LogP contribution in [0.15, 0.2) is 42.5 Å². The van der Waals surface area contributed by atoms with Gasteiger partial charge in [0.05, 0.1) is 25.4 Å². The number of ether oxygens (including phenoxy) is 2. The Morgan fingerprint density at radius 2 is 1.91 bits per heavy atom. The lowest BCUT2D eigenvalue weighted by Gasteiger charge is -2.23. The number of rotatable bonds is 12. The van der Waals surface area contributed by atoms with E-state index < -0.39 is 0 Å². The van der Waals surface area contributed by atoms with E-state index in [2.05, 4.69) is 11.5 Å². The van der Waals surface area contributed by atoms with Crippen molar-refractivity contribution in [2.24, 2.45) is 5.92 Å². The van der Waals surface area contributed by atoms with E-state index in [9.17, 15) is 15.2 Å². The molecule has 7 heteroatoms. The van der Waals surface area contributed by atoms with Gasteiger partial charge in [0.1, 0.15) is 17.6 Å².